The Bertz CT molecular complexity index is 2000. The van der Waals surface area contributed by atoms with Gasteiger partial charge in [-0.25, -0.2) is 4.79 Å². The van der Waals surface area contributed by atoms with Crippen molar-refractivity contribution in [3.63, 3.8) is 0 Å². The average molecular weight is 749 g/mol. The molecule has 50 heavy (non-hydrogen) atoms. The number of carbonyl (C=O) groups is 3. The molecule has 0 aliphatic carbocycles. The van der Waals surface area contributed by atoms with Crippen LogP contribution < -0.4 is 14.2 Å². The molecule has 17 heteroatoms. The molecule has 2 aromatic carbocycles. The largest absolute Gasteiger partial charge is 0.493 e. The van der Waals surface area contributed by atoms with Crippen LogP contribution in [0.1, 0.15) is 57.1 Å². The quantitative estimate of drug-likeness (QED) is 0.0869. The summed E-state index contributed by atoms with van der Waals surface area (Å²) >= 11 is 1.49. The van der Waals surface area contributed by atoms with Gasteiger partial charge in [0.1, 0.15) is 12.3 Å². The van der Waals surface area contributed by atoms with E-state index in [9.17, 15) is 35.8 Å². The van der Waals surface area contributed by atoms with Gasteiger partial charge in [-0.15, -0.1) is 5.06 Å². The van der Waals surface area contributed by atoms with E-state index in [4.69, 9.17) is 14.1 Å². The second-order valence-corrected chi connectivity index (χ2v) is 16.0. The number of hydrogen-bond donors (Lipinski definition) is 2. The topological polar surface area (TPSA) is 189 Å². The zero-order valence-electron chi connectivity index (χ0n) is 27.1. The third kappa shape index (κ3) is 10.3. The highest BCUT2D eigenvalue weighted by Crippen LogP contribution is 2.48. The smallest absolute Gasteiger partial charge is 0.333 e. The Morgan fingerprint density at radius 2 is 1.60 bits per heavy atom. The van der Waals surface area contributed by atoms with Crippen LogP contribution in [0.3, 0.4) is 0 Å². The number of thioether (sulfide) groups is 1. The number of para-hydroxylation sites is 1. The van der Waals surface area contributed by atoms with E-state index < -0.39 is 49.5 Å². The lowest BCUT2D eigenvalue weighted by atomic mass is 10.1. The van der Waals surface area contributed by atoms with Crippen molar-refractivity contribution in [2.45, 2.75) is 62.8 Å². The molecule has 1 fully saturated rings. The molecule has 2 N–H and O–H groups in total. The molecule has 2 aliphatic rings. The minimum absolute atomic E-state index is 0.0389. The Balaban J connectivity index is 1.32. The predicted molar refractivity (Wildman–Crippen MR) is 185 cm³/mol. The van der Waals surface area contributed by atoms with Gasteiger partial charge in [-0.2, -0.15) is 21.4 Å². The second-order valence-electron chi connectivity index (χ2n) is 11.8. The molecular weight excluding hydrogens is 711 g/mol. The highest BCUT2D eigenvalue weighted by Gasteiger charge is 2.33. The van der Waals surface area contributed by atoms with Crippen LogP contribution in [-0.2, 0) is 46.0 Å². The molecule has 0 unspecified atom stereocenters. The summed E-state index contributed by atoms with van der Waals surface area (Å²) in [4.78, 5) is 43.5. The van der Waals surface area contributed by atoms with Gasteiger partial charge < -0.3 is 14.5 Å². The third-order valence-electron chi connectivity index (χ3n) is 8.01. The average Bonchev–Trinajstić information content (AvgIpc) is 3.56. The number of hydrogen-bond acceptors (Lipinski definition) is 11. The fraction of sp³-hybridized carbons (Fsp3) is 0.394. The molecule has 5 rings (SSSR count). The van der Waals surface area contributed by atoms with Gasteiger partial charge in [0, 0.05) is 66.8 Å². The molecule has 1 saturated heterocycles. The molecule has 1 aromatic heterocycles. The molecule has 0 spiro atoms. The molecule has 2 aliphatic heterocycles. The maximum absolute atomic E-state index is 12.2. The summed E-state index contributed by atoms with van der Waals surface area (Å²) in [6.07, 6.45) is 4.30. The molecule has 3 heterocycles. The number of fused-ring (bicyclic) bond motifs is 2. The van der Waals surface area contributed by atoms with Crippen molar-refractivity contribution in [2.24, 2.45) is 0 Å². The molecule has 0 radical (unpaired) electrons. The minimum Gasteiger partial charge on any atom is -0.493 e. The molecular formula is C33H38N3O11S3+. The van der Waals surface area contributed by atoms with Crippen LogP contribution in [0.15, 0.2) is 64.5 Å². The number of rotatable bonds is 17. The Labute approximate surface area is 294 Å². The lowest BCUT2D eigenvalue weighted by Crippen LogP contribution is -2.38. The van der Waals surface area contributed by atoms with Gasteiger partial charge in [0.2, 0.25) is 11.2 Å². The number of hydroxylamine groups is 2. The number of amides is 2. The molecule has 3 aromatic rings. The zero-order chi connectivity index (χ0) is 35.9. The maximum atomic E-state index is 12.2. The van der Waals surface area contributed by atoms with Crippen LogP contribution in [0, 0.1) is 0 Å². The van der Waals surface area contributed by atoms with Crippen LogP contribution in [0.4, 0.5) is 5.69 Å². The normalized spacial score (nSPS) is 15.7. The fourth-order valence-electron chi connectivity index (χ4n) is 5.65. The first-order valence-corrected chi connectivity index (χ1v) is 20.1. The van der Waals surface area contributed by atoms with Crippen LogP contribution in [-0.4, -0.2) is 73.4 Å². The van der Waals surface area contributed by atoms with E-state index >= 15 is 0 Å². The molecule has 0 atom stereocenters. The van der Waals surface area contributed by atoms with Crippen molar-refractivity contribution in [3.8, 4) is 5.75 Å². The second kappa shape index (κ2) is 16.3. The molecule has 0 bridgehead atoms. The van der Waals surface area contributed by atoms with Crippen LogP contribution >= 0.6 is 11.8 Å². The number of anilines is 1. The van der Waals surface area contributed by atoms with Crippen molar-refractivity contribution in [3.05, 3.63) is 65.3 Å². The number of unbranched alkanes of at least 4 members (excludes halogenated alkanes) is 2. The van der Waals surface area contributed by atoms with Gasteiger partial charge in [0.05, 0.1) is 28.8 Å². The number of ether oxygens (including phenoxy) is 1. The van der Waals surface area contributed by atoms with Crippen molar-refractivity contribution in [1.82, 2.24) is 5.06 Å². The van der Waals surface area contributed by atoms with Crippen LogP contribution in [0.5, 0.6) is 5.75 Å². The van der Waals surface area contributed by atoms with E-state index in [0.29, 0.717) is 36.6 Å². The van der Waals surface area contributed by atoms with Crippen molar-refractivity contribution < 1.29 is 54.5 Å². The predicted octanol–water partition coefficient (Wildman–Crippen LogP) is 4.14. The van der Waals surface area contributed by atoms with Gasteiger partial charge >= 0.3 is 5.97 Å². The lowest BCUT2D eigenvalue weighted by Gasteiger charge is -2.20. The lowest BCUT2D eigenvalue weighted by molar-refractivity contribution is -0.673. The SMILES string of the molecule is O=C(CCCCC[n+]1c(/C=C2\Sc3ccc(OCCCS(=O)(=O)O)cc3N2CCCS(=O)(=O)O)ccc2ccccc21)ON1C(=O)CCC1=O. The van der Waals surface area contributed by atoms with Gasteiger partial charge in [-0.1, -0.05) is 23.9 Å². The molecule has 0 saturated carbocycles. The first-order chi connectivity index (χ1) is 23.8. The minimum atomic E-state index is -4.18. The van der Waals surface area contributed by atoms with E-state index in [0.717, 1.165) is 32.2 Å². The Hall–Kier alpha value is -4.03. The first kappa shape index (κ1) is 37.2. The number of nitrogens with zero attached hydrogens (tertiary/aromatic N) is 3. The van der Waals surface area contributed by atoms with E-state index in [1.54, 1.807) is 12.1 Å². The zero-order valence-corrected chi connectivity index (χ0v) is 29.6. The van der Waals surface area contributed by atoms with Crippen LogP contribution in [0.2, 0.25) is 0 Å². The standard InChI is InChI=1S/C33H37N3O11S3/c37-30-15-16-31(38)36(30)47-33(39)10-2-1-5-17-34-25(12-11-24-8-3-4-9-27(24)34)22-32-35(18-6-20-49(40,41)42)28-23-26(13-14-29(28)48-32)46-19-7-21-50(43,44)45/h3-4,8-9,11-14,22-23H,1-2,5-7,10,15-21H2,(H-,40,41,42,43,44,45)/p+1. The number of carbonyl (C=O) groups excluding carboxylic acids is 3. The number of pyridine rings is 1. The van der Waals surface area contributed by atoms with Crippen molar-refractivity contribution in [2.75, 3.05) is 29.6 Å². The Morgan fingerprint density at radius 3 is 2.34 bits per heavy atom. The van der Waals surface area contributed by atoms with E-state index in [-0.39, 0.29) is 45.3 Å². The summed E-state index contributed by atoms with van der Waals surface area (Å²) in [7, 11) is -8.28. The summed E-state index contributed by atoms with van der Waals surface area (Å²) < 4.78 is 71.5. The number of imide groups is 1. The Morgan fingerprint density at radius 1 is 0.880 bits per heavy atom. The monoisotopic (exact) mass is 748 g/mol. The van der Waals surface area contributed by atoms with Crippen LogP contribution in [0.25, 0.3) is 17.0 Å². The highest BCUT2D eigenvalue weighted by molar-refractivity contribution is 8.03. The highest BCUT2D eigenvalue weighted by atomic mass is 32.2. The number of benzene rings is 2. The summed E-state index contributed by atoms with van der Waals surface area (Å²) in [6.45, 7) is 0.948. The summed E-state index contributed by atoms with van der Waals surface area (Å²) in [5.74, 6) is -2.03. The summed E-state index contributed by atoms with van der Waals surface area (Å²) in [5.41, 5.74) is 2.64. The first-order valence-electron chi connectivity index (χ1n) is 16.1. The summed E-state index contributed by atoms with van der Waals surface area (Å²) in [6, 6.07) is 17.4. The molecule has 2 amide bonds. The van der Waals surface area contributed by atoms with Crippen molar-refractivity contribution >= 4 is 72.4 Å². The van der Waals surface area contributed by atoms with Crippen molar-refractivity contribution in [1.29, 1.82) is 0 Å². The van der Waals surface area contributed by atoms with Gasteiger partial charge in [-0.3, -0.25) is 18.7 Å². The molecule has 14 nitrogen and oxygen atoms in total. The number of aromatic nitrogens is 1. The summed E-state index contributed by atoms with van der Waals surface area (Å²) in [5, 5.41) is 2.40. The fourth-order valence-corrected chi connectivity index (χ4v) is 7.74. The Kier molecular flexibility index (Phi) is 12.2. The number of aryl methyl sites for hydroxylation is 1. The van der Waals surface area contributed by atoms with Gasteiger partial charge in [-0.05, 0) is 49.9 Å². The van der Waals surface area contributed by atoms with Gasteiger partial charge in [0.15, 0.2) is 0 Å². The third-order valence-corrected chi connectivity index (χ3v) is 10.7. The van der Waals surface area contributed by atoms with E-state index in [1.807, 2.05) is 53.4 Å². The van der Waals surface area contributed by atoms with E-state index in [2.05, 4.69) is 4.57 Å². The van der Waals surface area contributed by atoms with Gasteiger partial charge in [0.25, 0.3) is 32.1 Å². The van der Waals surface area contributed by atoms with E-state index in [1.165, 1.54) is 11.8 Å². The molecule has 268 valence electrons. The maximum Gasteiger partial charge on any atom is 0.333 e.